The lowest BCUT2D eigenvalue weighted by Gasteiger charge is -2.12. The summed E-state index contributed by atoms with van der Waals surface area (Å²) in [6.45, 7) is 1.83. The second-order valence-electron chi connectivity index (χ2n) is 6.81. The molecule has 0 atom stereocenters. The van der Waals surface area contributed by atoms with Gasteiger partial charge in [0, 0.05) is 22.5 Å². The van der Waals surface area contributed by atoms with Crippen LogP contribution in [0.25, 0.3) is 0 Å². The van der Waals surface area contributed by atoms with Crippen LogP contribution < -0.4 is 15.8 Å². The quantitative estimate of drug-likeness (QED) is 0.564. The Morgan fingerprint density at radius 1 is 0.833 bits per heavy atom. The van der Waals surface area contributed by atoms with Crippen LogP contribution in [-0.4, -0.2) is 20.2 Å². The molecule has 0 saturated heterocycles. The molecule has 0 aromatic heterocycles. The number of aryl methyl sites for hydroxylation is 1. The van der Waals surface area contributed by atoms with E-state index in [1.807, 2.05) is 13.0 Å². The van der Waals surface area contributed by atoms with E-state index in [1.54, 1.807) is 66.7 Å². The lowest BCUT2D eigenvalue weighted by atomic mass is 10.1. The van der Waals surface area contributed by atoms with Crippen LogP contribution in [0.1, 0.15) is 31.8 Å². The Bertz CT molecular complexity index is 1190. The van der Waals surface area contributed by atoms with Crippen molar-refractivity contribution >= 4 is 33.2 Å². The van der Waals surface area contributed by atoms with Gasteiger partial charge in [0.2, 0.25) is 10.0 Å². The van der Waals surface area contributed by atoms with Gasteiger partial charge >= 0.3 is 0 Å². The third-order valence-electron chi connectivity index (χ3n) is 4.34. The predicted molar refractivity (Wildman–Crippen MR) is 117 cm³/mol. The summed E-state index contributed by atoms with van der Waals surface area (Å²) in [7, 11) is -3.67. The Hall–Kier alpha value is -3.49. The molecule has 154 valence electrons. The molecule has 0 bridgehead atoms. The number of amides is 2. The molecular weight excluding hydrogens is 402 g/mol. The molecule has 0 spiro atoms. The first-order valence-corrected chi connectivity index (χ1v) is 10.8. The van der Waals surface area contributed by atoms with Gasteiger partial charge in [0.15, 0.2) is 0 Å². The fraction of sp³-hybridized carbons (Fsp3) is 0.0909. The highest BCUT2D eigenvalue weighted by Gasteiger charge is 2.12. The van der Waals surface area contributed by atoms with Crippen LogP contribution in [0.3, 0.4) is 0 Å². The number of carbonyl (C=O) groups excluding carboxylic acids is 2. The molecule has 0 unspecified atom stereocenters. The van der Waals surface area contributed by atoms with Crippen molar-refractivity contribution in [3.8, 4) is 0 Å². The van der Waals surface area contributed by atoms with Gasteiger partial charge in [-0.05, 0) is 54.4 Å². The first-order valence-electron chi connectivity index (χ1n) is 9.09. The average Bonchev–Trinajstić information content (AvgIpc) is 2.69. The first-order chi connectivity index (χ1) is 14.2. The molecule has 30 heavy (non-hydrogen) atoms. The van der Waals surface area contributed by atoms with Crippen LogP contribution in [0, 0.1) is 6.92 Å². The van der Waals surface area contributed by atoms with E-state index in [2.05, 4.69) is 10.6 Å². The maximum atomic E-state index is 12.7. The zero-order valence-electron chi connectivity index (χ0n) is 16.3. The Kier molecular flexibility index (Phi) is 6.29. The van der Waals surface area contributed by atoms with Crippen molar-refractivity contribution in [1.82, 2.24) is 0 Å². The molecule has 0 fully saturated rings. The number of benzene rings is 3. The zero-order chi connectivity index (χ0) is 21.7. The number of rotatable bonds is 6. The molecule has 3 rings (SSSR count). The summed E-state index contributed by atoms with van der Waals surface area (Å²) in [6, 6.07) is 20.2. The van der Waals surface area contributed by atoms with E-state index in [0.29, 0.717) is 28.1 Å². The molecule has 0 aliphatic carbocycles. The van der Waals surface area contributed by atoms with Gasteiger partial charge in [0.05, 0.1) is 5.75 Å². The van der Waals surface area contributed by atoms with Crippen LogP contribution in [0.15, 0.2) is 72.8 Å². The van der Waals surface area contributed by atoms with Gasteiger partial charge in [-0.3, -0.25) is 9.59 Å². The van der Waals surface area contributed by atoms with Crippen LogP contribution >= 0.6 is 0 Å². The van der Waals surface area contributed by atoms with E-state index in [1.165, 1.54) is 0 Å². The van der Waals surface area contributed by atoms with Crippen molar-refractivity contribution < 1.29 is 18.0 Å². The number of hydrogen-bond donors (Lipinski definition) is 3. The lowest BCUT2D eigenvalue weighted by molar-refractivity contribution is 0.101. The van der Waals surface area contributed by atoms with E-state index >= 15 is 0 Å². The van der Waals surface area contributed by atoms with E-state index in [4.69, 9.17) is 5.14 Å². The Labute approximate surface area is 175 Å². The number of sulfonamides is 1. The average molecular weight is 423 g/mol. The number of primary sulfonamides is 1. The van der Waals surface area contributed by atoms with Gasteiger partial charge in [0.25, 0.3) is 11.8 Å². The van der Waals surface area contributed by atoms with Crippen molar-refractivity contribution in [2.75, 3.05) is 10.6 Å². The standard InChI is InChI=1S/C22H21N3O4S/c1-15-10-11-18(13-20(15)25-21(26)17-7-3-2-4-8-17)22(27)24-19-9-5-6-16(12-19)14-30(23,28)29/h2-13H,14H2,1H3,(H,24,27)(H,25,26)(H2,23,28,29). The smallest absolute Gasteiger partial charge is 0.255 e. The molecule has 3 aromatic rings. The lowest BCUT2D eigenvalue weighted by Crippen LogP contribution is -2.16. The minimum absolute atomic E-state index is 0.271. The van der Waals surface area contributed by atoms with Crippen molar-refractivity contribution in [2.45, 2.75) is 12.7 Å². The third kappa shape index (κ3) is 5.76. The van der Waals surface area contributed by atoms with Crippen molar-refractivity contribution in [3.05, 3.63) is 95.1 Å². The van der Waals surface area contributed by atoms with Gasteiger partial charge in [-0.1, -0.05) is 36.4 Å². The van der Waals surface area contributed by atoms with Crippen LogP contribution in [-0.2, 0) is 15.8 Å². The van der Waals surface area contributed by atoms with Crippen molar-refractivity contribution in [2.24, 2.45) is 5.14 Å². The van der Waals surface area contributed by atoms with Gasteiger partial charge < -0.3 is 10.6 Å². The van der Waals surface area contributed by atoms with Gasteiger partial charge in [-0.2, -0.15) is 0 Å². The Morgan fingerprint density at radius 2 is 1.53 bits per heavy atom. The zero-order valence-corrected chi connectivity index (χ0v) is 17.1. The number of anilines is 2. The van der Waals surface area contributed by atoms with Crippen LogP contribution in [0.4, 0.5) is 11.4 Å². The monoisotopic (exact) mass is 423 g/mol. The minimum atomic E-state index is -3.67. The van der Waals surface area contributed by atoms with Crippen LogP contribution in [0.5, 0.6) is 0 Å². The second kappa shape index (κ2) is 8.89. The molecule has 3 aromatic carbocycles. The minimum Gasteiger partial charge on any atom is -0.322 e. The second-order valence-corrected chi connectivity index (χ2v) is 8.43. The van der Waals surface area contributed by atoms with Gasteiger partial charge in [-0.25, -0.2) is 13.6 Å². The SMILES string of the molecule is Cc1ccc(C(=O)Nc2cccc(CS(N)(=O)=O)c2)cc1NC(=O)c1ccccc1. The molecule has 0 aliphatic rings. The molecule has 0 aliphatic heterocycles. The summed E-state index contributed by atoms with van der Waals surface area (Å²) < 4.78 is 22.5. The molecule has 2 amide bonds. The highest BCUT2D eigenvalue weighted by atomic mass is 32.2. The molecule has 7 nitrogen and oxygen atoms in total. The highest BCUT2D eigenvalue weighted by molar-refractivity contribution is 7.88. The topological polar surface area (TPSA) is 118 Å². The number of carbonyl (C=O) groups is 2. The summed E-state index contributed by atoms with van der Waals surface area (Å²) in [4.78, 5) is 25.1. The number of nitrogens with one attached hydrogen (secondary N) is 2. The van der Waals surface area contributed by atoms with Crippen molar-refractivity contribution in [3.63, 3.8) is 0 Å². The van der Waals surface area contributed by atoms with E-state index < -0.39 is 15.9 Å². The summed E-state index contributed by atoms with van der Waals surface area (Å²) in [5.41, 5.74) is 3.11. The fourth-order valence-corrected chi connectivity index (χ4v) is 3.50. The fourth-order valence-electron chi connectivity index (χ4n) is 2.86. The first kappa shape index (κ1) is 21.2. The Balaban J connectivity index is 1.76. The molecule has 0 saturated carbocycles. The van der Waals surface area contributed by atoms with Crippen LogP contribution in [0.2, 0.25) is 0 Å². The van der Waals surface area contributed by atoms with E-state index in [0.717, 1.165) is 5.56 Å². The molecule has 8 heteroatoms. The molecule has 4 N–H and O–H groups in total. The highest BCUT2D eigenvalue weighted by Crippen LogP contribution is 2.20. The number of nitrogens with two attached hydrogens (primary N) is 1. The summed E-state index contributed by atoms with van der Waals surface area (Å²) in [5.74, 6) is -0.985. The summed E-state index contributed by atoms with van der Waals surface area (Å²) >= 11 is 0. The maximum Gasteiger partial charge on any atom is 0.255 e. The number of hydrogen-bond acceptors (Lipinski definition) is 4. The van der Waals surface area contributed by atoms with E-state index in [9.17, 15) is 18.0 Å². The van der Waals surface area contributed by atoms with Gasteiger partial charge in [-0.15, -0.1) is 0 Å². The third-order valence-corrected chi connectivity index (χ3v) is 5.07. The van der Waals surface area contributed by atoms with Crippen molar-refractivity contribution in [1.29, 1.82) is 0 Å². The summed E-state index contributed by atoms with van der Waals surface area (Å²) in [5, 5.41) is 10.6. The summed E-state index contributed by atoms with van der Waals surface area (Å²) in [6.07, 6.45) is 0. The molecule has 0 heterocycles. The molecular formula is C22H21N3O4S. The maximum absolute atomic E-state index is 12.7. The van der Waals surface area contributed by atoms with E-state index in [-0.39, 0.29) is 11.7 Å². The Morgan fingerprint density at radius 3 is 2.23 bits per heavy atom. The predicted octanol–water partition coefficient (Wildman–Crippen LogP) is 3.29. The largest absolute Gasteiger partial charge is 0.322 e. The normalized spacial score (nSPS) is 11.0. The molecule has 0 radical (unpaired) electrons. The van der Waals surface area contributed by atoms with Gasteiger partial charge in [0.1, 0.15) is 0 Å².